The molecule has 3 nitrogen and oxygen atoms in total. The van der Waals surface area contributed by atoms with Gasteiger partial charge >= 0.3 is 0 Å². The molecule has 1 aromatic heterocycles. The molecule has 25 heavy (non-hydrogen) atoms. The Kier molecular flexibility index (Phi) is 5.92. The van der Waals surface area contributed by atoms with E-state index in [1.165, 1.54) is 18.7 Å². The van der Waals surface area contributed by atoms with E-state index in [1.807, 2.05) is 18.2 Å². The first kappa shape index (κ1) is 18.9. The smallest absolute Gasteiger partial charge is 0.202 e. The van der Waals surface area contributed by atoms with Gasteiger partial charge in [-0.25, -0.2) is 0 Å². The van der Waals surface area contributed by atoms with Crippen LogP contribution in [-0.2, 0) is 5.75 Å². The number of aromatic amines is 1. The highest BCUT2D eigenvalue weighted by atomic mass is 127. The highest BCUT2D eigenvalue weighted by molar-refractivity contribution is 14.1. The van der Waals surface area contributed by atoms with Crippen molar-refractivity contribution in [2.45, 2.75) is 17.7 Å². The second kappa shape index (κ2) is 7.82. The van der Waals surface area contributed by atoms with E-state index in [1.54, 1.807) is 12.1 Å². The molecule has 1 N–H and O–H groups in total. The summed E-state index contributed by atoms with van der Waals surface area (Å²) in [5.74, 6) is 0.376. The van der Waals surface area contributed by atoms with Crippen LogP contribution >= 0.6 is 61.9 Å². The zero-order valence-electron chi connectivity index (χ0n) is 13.0. The number of hydrogen-bond donors (Lipinski definition) is 1. The molecule has 1 heterocycles. The van der Waals surface area contributed by atoms with Gasteiger partial charge in [-0.15, -0.1) is 11.8 Å². The topological polar surface area (TPSA) is 49.9 Å². The lowest BCUT2D eigenvalue weighted by Gasteiger charge is -2.11. The van der Waals surface area contributed by atoms with E-state index in [2.05, 4.69) is 49.6 Å². The van der Waals surface area contributed by atoms with Crippen LogP contribution in [0.25, 0.3) is 10.9 Å². The van der Waals surface area contributed by atoms with E-state index in [4.69, 9.17) is 11.6 Å². The van der Waals surface area contributed by atoms with Gasteiger partial charge in [-0.05, 0) is 75.3 Å². The second-order valence-electron chi connectivity index (χ2n) is 5.41. The molecular formula is C18H12BrClINO2S. The Morgan fingerprint density at radius 3 is 2.76 bits per heavy atom. The Balaban J connectivity index is 2.13. The maximum absolute atomic E-state index is 12.9. The molecule has 0 saturated carbocycles. The summed E-state index contributed by atoms with van der Waals surface area (Å²) in [6, 6.07) is 11.5. The summed E-state index contributed by atoms with van der Waals surface area (Å²) >= 11 is 13.3. The summed E-state index contributed by atoms with van der Waals surface area (Å²) in [5, 5.41) is 1.22. The fourth-order valence-electron chi connectivity index (χ4n) is 2.51. The number of H-pyrrole nitrogens is 1. The molecule has 0 aliphatic heterocycles. The third-order valence-electron chi connectivity index (χ3n) is 3.65. The molecule has 7 heteroatoms. The van der Waals surface area contributed by atoms with Gasteiger partial charge in [0.05, 0.1) is 26.5 Å². The fourth-order valence-corrected chi connectivity index (χ4v) is 4.84. The van der Waals surface area contributed by atoms with Crippen molar-refractivity contribution in [1.29, 1.82) is 0 Å². The summed E-state index contributed by atoms with van der Waals surface area (Å²) in [7, 11) is 0. The van der Waals surface area contributed by atoms with Gasteiger partial charge in [-0.3, -0.25) is 9.59 Å². The Bertz CT molecular complexity index is 1050. The van der Waals surface area contributed by atoms with E-state index in [9.17, 15) is 9.59 Å². The van der Waals surface area contributed by atoms with Crippen LogP contribution in [0, 0.1) is 3.57 Å². The van der Waals surface area contributed by atoms with Crippen molar-refractivity contribution in [1.82, 2.24) is 4.98 Å². The number of halogens is 3. The van der Waals surface area contributed by atoms with Crippen molar-refractivity contribution in [2.24, 2.45) is 0 Å². The average molecular weight is 549 g/mol. The molecule has 0 spiro atoms. The number of nitrogens with one attached hydrogen (secondary N) is 1. The number of carbonyl (C=O) groups is 1. The standard InChI is InChI=1S/C18H12BrClINO2S/c1-9(23)14-17(24)15-13(20)6-5-12(19)16(15)22-18(14)25-8-10-3-2-4-11(21)7-10/h2-7H,8H2,1H3,(H,22,24). The minimum Gasteiger partial charge on any atom is -0.348 e. The molecule has 0 unspecified atom stereocenters. The lowest BCUT2D eigenvalue weighted by Crippen LogP contribution is -2.17. The molecule has 3 rings (SSSR count). The Hall–Kier alpha value is -0.830. The quantitative estimate of drug-likeness (QED) is 0.246. The third-order valence-corrected chi connectivity index (χ3v) is 6.37. The lowest BCUT2D eigenvalue weighted by molar-refractivity contribution is 0.101. The maximum atomic E-state index is 12.9. The van der Waals surface area contributed by atoms with Crippen LogP contribution in [-0.4, -0.2) is 10.8 Å². The van der Waals surface area contributed by atoms with Crippen molar-refractivity contribution < 1.29 is 4.79 Å². The SMILES string of the molecule is CC(=O)c1c(SCc2cccc(I)c2)[nH]c2c(Br)ccc(Cl)c2c1=O. The van der Waals surface area contributed by atoms with E-state index in [-0.39, 0.29) is 16.8 Å². The highest BCUT2D eigenvalue weighted by Crippen LogP contribution is 2.31. The van der Waals surface area contributed by atoms with E-state index in [0.29, 0.717) is 26.7 Å². The molecule has 0 radical (unpaired) electrons. The summed E-state index contributed by atoms with van der Waals surface area (Å²) < 4.78 is 1.87. The molecule has 0 bridgehead atoms. The molecule has 0 atom stereocenters. The summed E-state index contributed by atoms with van der Waals surface area (Å²) in [6.45, 7) is 1.40. The summed E-state index contributed by atoms with van der Waals surface area (Å²) in [6.07, 6.45) is 0. The number of aromatic nitrogens is 1. The van der Waals surface area contributed by atoms with E-state index in [0.717, 1.165) is 13.6 Å². The molecule has 0 fully saturated rings. The summed E-state index contributed by atoms with van der Waals surface area (Å²) in [4.78, 5) is 28.2. The van der Waals surface area contributed by atoms with Crippen LogP contribution in [0.1, 0.15) is 22.8 Å². The van der Waals surface area contributed by atoms with Gasteiger partial charge in [0.15, 0.2) is 5.78 Å². The number of benzene rings is 2. The van der Waals surface area contributed by atoms with E-state index < -0.39 is 0 Å². The Labute approximate surface area is 175 Å². The minimum atomic E-state index is -0.335. The van der Waals surface area contributed by atoms with Crippen molar-refractivity contribution in [3.63, 3.8) is 0 Å². The normalized spacial score (nSPS) is 11.0. The Morgan fingerprint density at radius 1 is 1.32 bits per heavy atom. The van der Waals surface area contributed by atoms with Gasteiger partial charge in [0.2, 0.25) is 5.43 Å². The maximum Gasteiger partial charge on any atom is 0.202 e. The highest BCUT2D eigenvalue weighted by Gasteiger charge is 2.19. The van der Waals surface area contributed by atoms with Gasteiger partial charge < -0.3 is 4.98 Å². The number of thioether (sulfide) groups is 1. The van der Waals surface area contributed by atoms with Crippen molar-refractivity contribution in [2.75, 3.05) is 0 Å². The first-order valence-corrected chi connectivity index (χ1v) is 10.5. The van der Waals surface area contributed by atoms with Crippen LogP contribution < -0.4 is 5.43 Å². The van der Waals surface area contributed by atoms with Crippen LogP contribution in [0.4, 0.5) is 0 Å². The predicted octanol–water partition coefficient (Wildman–Crippen LogP) is 6.04. The molecule has 0 saturated heterocycles. The van der Waals surface area contributed by atoms with Gasteiger partial charge in [0, 0.05) is 13.8 Å². The lowest BCUT2D eigenvalue weighted by atomic mass is 10.1. The number of Topliss-reactive ketones (excluding diaryl/α,β-unsaturated/α-hetero) is 1. The monoisotopic (exact) mass is 547 g/mol. The zero-order chi connectivity index (χ0) is 18.1. The molecule has 2 aromatic carbocycles. The van der Waals surface area contributed by atoms with Gasteiger partial charge in [-0.1, -0.05) is 23.7 Å². The minimum absolute atomic E-state index is 0.156. The first-order chi connectivity index (χ1) is 11.9. The number of ketones is 1. The molecule has 0 aliphatic carbocycles. The molecular weight excluding hydrogens is 537 g/mol. The number of rotatable bonds is 4. The van der Waals surface area contributed by atoms with E-state index >= 15 is 0 Å². The predicted molar refractivity (Wildman–Crippen MR) is 116 cm³/mol. The number of fused-ring (bicyclic) bond motifs is 1. The summed E-state index contributed by atoms with van der Waals surface area (Å²) in [5.41, 5.74) is 1.55. The molecule has 3 aromatic rings. The first-order valence-electron chi connectivity index (χ1n) is 7.30. The average Bonchev–Trinajstić information content (AvgIpc) is 2.55. The third kappa shape index (κ3) is 3.97. The van der Waals surface area contributed by atoms with Gasteiger partial charge in [0.1, 0.15) is 0 Å². The molecule has 128 valence electrons. The Morgan fingerprint density at radius 2 is 2.08 bits per heavy atom. The number of carbonyl (C=O) groups excluding carboxylic acids is 1. The van der Waals surface area contributed by atoms with Gasteiger partial charge in [0.25, 0.3) is 0 Å². The fraction of sp³-hybridized carbons (Fsp3) is 0.111. The van der Waals surface area contributed by atoms with Crippen molar-refractivity contribution >= 4 is 78.6 Å². The zero-order valence-corrected chi connectivity index (χ0v) is 18.3. The largest absolute Gasteiger partial charge is 0.348 e. The number of hydrogen-bond acceptors (Lipinski definition) is 3. The van der Waals surface area contributed by atoms with Crippen LogP contribution in [0.5, 0.6) is 0 Å². The van der Waals surface area contributed by atoms with Crippen LogP contribution in [0.15, 0.2) is 50.7 Å². The molecule has 0 aliphatic rings. The number of pyridine rings is 1. The van der Waals surface area contributed by atoms with Crippen LogP contribution in [0.2, 0.25) is 5.02 Å². The molecule has 0 amide bonds. The van der Waals surface area contributed by atoms with Gasteiger partial charge in [-0.2, -0.15) is 0 Å². The second-order valence-corrected chi connectivity index (χ2v) is 8.91. The van der Waals surface area contributed by atoms with Crippen LogP contribution in [0.3, 0.4) is 0 Å². The van der Waals surface area contributed by atoms with Crippen molar-refractivity contribution in [3.8, 4) is 0 Å². The van der Waals surface area contributed by atoms with Crippen molar-refractivity contribution in [3.05, 3.63) is 70.8 Å².